The number of hydrogen-bond donors (Lipinski definition) is 3. The average molecular weight is 249 g/mol. The highest BCUT2D eigenvalue weighted by atomic mass is 16.1. The van der Waals surface area contributed by atoms with E-state index in [1.54, 1.807) is 12.1 Å². The fourth-order valence-electron chi connectivity index (χ4n) is 1.55. The molecule has 18 heavy (non-hydrogen) atoms. The van der Waals surface area contributed by atoms with Gasteiger partial charge < -0.3 is 16.4 Å². The van der Waals surface area contributed by atoms with E-state index >= 15 is 0 Å². The number of hydrogen-bond acceptors (Lipinski definition) is 3. The average Bonchev–Trinajstić information content (AvgIpc) is 2.29. The Balaban J connectivity index is 3.00. The first-order valence-electron chi connectivity index (χ1n) is 6.40. The third kappa shape index (κ3) is 3.65. The third-order valence-electron chi connectivity index (χ3n) is 3.01. The smallest absolute Gasteiger partial charge is 0.253 e. The summed E-state index contributed by atoms with van der Waals surface area (Å²) in [4.78, 5) is 11.9. The minimum Gasteiger partial charge on any atom is -0.399 e. The normalized spacial score (nSPS) is 12.3. The third-order valence-corrected chi connectivity index (χ3v) is 3.01. The SMILES string of the molecule is CCNC(=O)c1ccc(N)cc1NC(C)C(C)C. The van der Waals surface area contributed by atoms with Crippen molar-refractivity contribution in [3.05, 3.63) is 23.8 Å². The van der Waals surface area contributed by atoms with Crippen LogP contribution in [0.3, 0.4) is 0 Å². The first-order chi connectivity index (χ1) is 8.45. The van der Waals surface area contributed by atoms with Crippen LogP contribution >= 0.6 is 0 Å². The van der Waals surface area contributed by atoms with Crippen molar-refractivity contribution in [3.8, 4) is 0 Å². The molecule has 4 heteroatoms. The van der Waals surface area contributed by atoms with Gasteiger partial charge in [0.1, 0.15) is 0 Å². The molecule has 1 amide bonds. The van der Waals surface area contributed by atoms with E-state index in [0.717, 1.165) is 5.69 Å². The standard InChI is InChI=1S/C14H23N3O/c1-5-16-14(18)12-7-6-11(15)8-13(12)17-10(4)9(2)3/h6-10,17H,5,15H2,1-4H3,(H,16,18). The molecule has 0 aliphatic heterocycles. The summed E-state index contributed by atoms with van der Waals surface area (Å²) in [6.45, 7) is 8.88. The van der Waals surface area contributed by atoms with Crippen LogP contribution < -0.4 is 16.4 Å². The molecule has 1 atom stereocenters. The number of carbonyl (C=O) groups excluding carboxylic acids is 1. The van der Waals surface area contributed by atoms with E-state index in [1.165, 1.54) is 0 Å². The molecule has 0 aromatic heterocycles. The Morgan fingerprint density at radius 3 is 2.56 bits per heavy atom. The fourth-order valence-corrected chi connectivity index (χ4v) is 1.55. The van der Waals surface area contributed by atoms with Gasteiger partial charge >= 0.3 is 0 Å². The Morgan fingerprint density at radius 2 is 2.00 bits per heavy atom. The molecular weight excluding hydrogens is 226 g/mol. The number of benzene rings is 1. The van der Waals surface area contributed by atoms with Crippen molar-refractivity contribution in [3.63, 3.8) is 0 Å². The first kappa shape index (κ1) is 14.4. The summed E-state index contributed by atoms with van der Waals surface area (Å²) in [5.41, 5.74) is 7.87. The van der Waals surface area contributed by atoms with E-state index < -0.39 is 0 Å². The molecule has 0 fully saturated rings. The van der Waals surface area contributed by atoms with Gasteiger partial charge in [0.25, 0.3) is 5.91 Å². The monoisotopic (exact) mass is 249 g/mol. The van der Waals surface area contributed by atoms with Crippen LogP contribution in [0.1, 0.15) is 38.1 Å². The molecule has 0 saturated heterocycles. The van der Waals surface area contributed by atoms with E-state index in [9.17, 15) is 4.79 Å². The Bertz CT molecular complexity index is 416. The molecule has 100 valence electrons. The topological polar surface area (TPSA) is 67.2 Å². The summed E-state index contributed by atoms with van der Waals surface area (Å²) in [6, 6.07) is 5.59. The van der Waals surface area contributed by atoms with Crippen molar-refractivity contribution in [2.75, 3.05) is 17.6 Å². The fraction of sp³-hybridized carbons (Fsp3) is 0.500. The predicted octanol–water partition coefficient (Wildman–Crippen LogP) is 2.47. The second kappa shape index (κ2) is 6.28. The molecule has 0 aliphatic carbocycles. The van der Waals surface area contributed by atoms with Crippen molar-refractivity contribution >= 4 is 17.3 Å². The summed E-state index contributed by atoms with van der Waals surface area (Å²) in [7, 11) is 0. The zero-order chi connectivity index (χ0) is 13.7. The van der Waals surface area contributed by atoms with Gasteiger partial charge in [0.05, 0.1) is 5.56 Å². The molecule has 1 aromatic carbocycles. The molecule has 4 N–H and O–H groups in total. The van der Waals surface area contributed by atoms with Crippen LogP contribution in [0.4, 0.5) is 11.4 Å². The number of nitrogens with one attached hydrogen (secondary N) is 2. The highest BCUT2D eigenvalue weighted by Gasteiger charge is 2.14. The summed E-state index contributed by atoms with van der Waals surface area (Å²) < 4.78 is 0. The Hall–Kier alpha value is -1.71. The van der Waals surface area contributed by atoms with Gasteiger partial charge in [0, 0.05) is 24.0 Å². The lowest BCUT2D eigenvalue weighted by atomic mass is 10.0. The number of carbonyl (C=O) groups is 1. The van der Waals surface area contributed by atoms with Gasteiger partial charge in [0.15, 0.2) is 0 Å². The molecule has 0 radical (unpaired) electrons. The highest BCUT2D eigenvalue weighted by molar-refractivity contribution is 6.00. The van der Waals surface area contributed by atoms with Gasteiger partial charge in [-0.05, 0) is 38.0 Å². The maximum atomic E-state index is 11.9. The van der Waals surface area contributed by atoms with E-state index in [0.29, 0.717) is 23.7 Å². The van der Waals surface area contributed by atoms with Crippen molar-refractivity contribution < 1.29 is 4.79 Å². The maximum absolute atomic E-state index is 11.9. The zero-order valence-corrected chi connectivity index (χ0v) is 11.6. The van der Waals surface area contributed by atoms with E-state index in [4.69, 9.17) is 5.73 Å². The molecule has 0 bridgehead atoms. The molecule has 1 unspecified atom stereocenters. The van der Waals surface area contributed by atoms with Crippen LogP contribution in [0.2, 0.25) is 0 Å². The number of anilines is 2. The van der Waals surface area contributed by atoms with E-state index in [-0.39, 0.29) is 11.9 Å². The predicted molar refractivity (Wildman–Crippen MR) is 76.8 cm³/mol. The summed E-state index contributed by atoms with van der Waals surface area (Å²) in [5.74, 6) is 0.407. The van der Waals surface area contributed by atoms with Crippen molar-refractivity contribution in [1.82, 2.24) is 5.32 Å². The van der Waals surface area contributed by atoms with Gasteiger partial charge in [-0.25, -0.2) is 0 Å². The van der Waals surface area contributed by atoms with Crippen molar-refractivity contribution in [2.45, 2.75) is 33.7 Å². The summed E-state index contributed by atoms with van der Waals surface area (Å²) >= 11 is 0. The van der Waals surface area contributed by atoms with Crippen LogP contribution in [-0.4, -0.2) is 18.5 Å². The summed E-state index contributed by atoms with van der Waals surface area (Å²) in [5, 5.41) is 6.15. The molecule has 0 aliphatic rings. The number of rotatable bonds is 5. The number of nitrogens with two attached hydrogens (primary N) is 1. The van der Waals surface area contributed by atoms with Crippen LogP contribution in [0.5, 0.6) is 0 Å². The molecule has 0 saturated carbocycles. The van der Waals surface area contributed by atoms with Gasteiger partial charge in [-0.2, -0.15) is 0 Å². The van der Waals surface area contributed by atoms with Crippen molar-refractivity contribution in [2.24, 2.45) is 5.92 Å². The first-order valence-corrected chi connectivity index (χ1v) is 6.40. The van der Waals surface area contributed by atoms with Crippen LogP contribution in [0.25, 0.3) is 0 Å². The second-order valence-corrected chi connectivity index (χ2v) is 4.84. The second-order valence-electron chi connectivity index (χ2n) is 4.84. The van der Waals surface area contributed by atoms with E-state index in [2.05, 4.69) is 31.4 Å². The molecule has 0 heterocycles. The van der Waals surface area contributed by atoms with Gasteiger partial charge in [-0.15, -0.1) is 0 Å². The van der Waals surface area contributed by atoms with Crippen LogP contribution in [0, 0.1) is 5.92 Å². The quantitative estimate of drug-likeness (QED) is 0.702. The molecular formula is C14H23N3O. The molecule has 0 spiro atoms. The Labute approximate surface area is 109 Å². The largest absolute Gasteiger partial charge is 0.399 e. The lowest BCUT2D eigenvalue weighted by molar-refractivity contribution is 0.0956. The van der Waals surface area contributed by atoms with Gasteiger partial charge in [-0.3, -0.25) is 4.79 Å². The lowest BCUT2D eigenvalue weighted by Gasteiger charge is -2.21. The number of nitrogen functional groups attached to an aromatic ring is 1. The Morgan fingerprint density at radius 1 is 1.33 bits per heavy atom. The van der Waals surface area contributed by atoms with E-state index in [1.807, 2.05) is 13.0 Å². The highest BCUT2D eigenvalue weighted by Crippen LogP contribution is 2.21. The number of amides is 1. The maximum Gasteiger partial charge on any atom is 0.253 e. The van der Waals surface area contributed by atoms with Crippen LogP contribution in [0.15, 0.2) is 18.2 Å². The molecule has 1 rings (SSSR count). The molecule has 4 nitrogen and oxygen atoms in total. The molecule has 1 aromatic rings. The van der Waals surface area contributed by atoms with Gasteiger partial charge in [0.2, 0.25) is 0 Å². The lowest BCUT2D eigenvalue weighted by Crippen LogP contribution is -2.27. The zero-order valence-electron chi connectivity index (χ0n) is 11.6. The minimum absolute atomic E-state index is 0.0732. The van der Waals surface area contributed by atoms with Crippen molar-refractivity contribution in [1.29, 1.82) is 0 Å². The minimum atomic E-state index is -0.0732. The van der Waals surface area contributed by atoms with Gasteiger partial charge in [-0.1, -0.05) is 13.8 Å². The van der Waals surface area contributed by atoms with Crippen LogP contribution in [-0.2, 0) is 0 Å². The summed E-state index contributed by atoms with van der Waals surface area (Å²) in [6.07, 6.45) is 0. The Kier molecular flexibility index (Phi) is 5.01.